The molecule has 1 atom stereocenters. The Morgan fingerprint density at radius 2 is 1.29 bits per heavy atom. The summed E-state index contributed by atoms with van der Waals surface area (Å²) >= 11 is 0. The fraction of sp³-hybridized carbons (Fsp3) is 0.231. The van der Waals surface area contributed by atoms with Crippen LogP contribution in [0, 0.1) is 0 Å². The van der Waals surface area contributed by atoms with Gasteiger partial charge in [-0.3, -0.25) is 0 Å². The quantitative estimate of drug-likeness (QED) is 0.184. The minimum atomic E-state index is 0.275. The van der Waals surface area contributed by atoms with Gasteiger partial charge in [0.1, 0.15) is 12.4 Å². The second kappa shape index (κ2) is 6.96. The van der Waals surface area contributed by atoms with Crippen LogP contribution in [0.2, 0.25) is 0 Å². The Bertz CT molecular complexity index is 1220. The minimum absolute atomic E-state index is 0.275. The lowest BCUT2D eigenvalue weighted by Crippen LogP contribution is -2.13. The predicted octanol–water partition coefficient (Wildman–Crippen LogP) is 6.93. The predicted molar refractivity (Wildman–Crippen MR) is 119 cm³/mol. The molecule has 0 N–H and O–H groups in total. The van der Waals surface area contributed by atoms with Crippen LogP contribution < -0.4 is 4.74 Å². The Kier molecular flexibility index (Phi) is 4.29. The highest BCUT2D eigenvalue weighted by Crippen LogP contribution is 2.42. The topological polar surface area (TPSA) is 18.5 Å². The molecule has 0 saturated heterocycles. The van der Waals surface area contributed by atoms with Gasteiger partial charge in [0.15, 0.2) is 0 Å². The van der Waals surface area contributed by atoms with Crippen molar-refractivity contribution in [3.8, 4) is 5.75 Å². The van der Waals surface area contributed by atoms with Crippen LogP contribution in [0.25, 0.3) is 43.1 Å². The van der Waals surface area contributed by atoms with E-state index in [0.717, 1.165) is 12.2 Å². The molecular weight excluding hydrogens is 344 g/mol. The van der Waals surface area contributed by atoms with Crippen LogP contribution in [0.15, 0.2) is 66.7 Å². The van der Waals surface area contributed by atoms with E-state index < -0.39 is 0 Å². The highest BCUT2D eigenvalue weighted by atomic mass is 16.5. The van der Waals surface area contributed by atoms with E-state index in [0.29, 0.717) is 13.2 Å². The fourth-order valence-corrected chi connectivity index (χ4v) is 4.26. The second-order valence-corrected chi connectivity index (χ2v) is 7.49. The smallest absolute Gasteiger partial charge is 0.127 e. The van der Waals surface area contributed by atoms with Crippen molar-refractivity contribution < 1.29 is 9.47 Å². The Hall–Kier alpha value is -2.84. The molecule has 0 fully saturated rings. The molecule has 0 aliphatic rings. The molecule has 0 spiro atoms. The van der Waals surface area contributed by atoms with Gasteiger partial charge in [-0.1, -0.05) is 67.6 Å². The molecule has 5 aromatic carbocycles. The summed E-state index contributed by atoms with van der Waals surface area (Å²) in [5.41, 5.74) is 0. The summed E-state index contributed by atoms with van der Waals surface area (Å²) in [5, 5.41) is 10.3. The molecule has 5 rings (SSSR count). The third kappa shape index (κ3) is 2.68. The highest BCUT2D eigenvalue weighted by molar-refractivity contribution is 6.33. The Balaban J connectivity index is 1.67. The Morgan fingerprint density at radius 3 is 2.00 bits per heavy atom. The van der Waals surface area contributed by atoms with Gasteiger partial charge in [0.25, 0.3) is 0 Å². The van der Waals surface area contributed by atoms with Gasteiger partial charge >= 0.3 is 0 Å². The molecule has 0 amide bonds. The largest absolute Gasteiger partial charge is 0.491 e. The zero-order chi connectivity index (χ0) is 19.1. The molecule has 0 aliphatic carbocycles. The lowest BCUT2D eigenvalue weighted by molar-refractivity contribution is 0.0430. The van der Waals surface area contributed by atoms with E-state index in [1.165, 1.54) is 43.1 Å². The van der Waals surface area contributed by atoms with Crippen molar-refractivity contribution in [2.45, 2.75) is 26.4 Å². The summed E-state index contributed by atoms with van der Waals surface area (Å²) in [6, 6.07) is 24.0. The number of rotatable bonds is 6. The van der Waals surface area contributed by atoms with E-state index in [-0.39, 0.29) is 6.10 Å². The van der Waals surface area contributed by atoms with Crippen LogP contribution in [-0.4, -0.2) is 19.3 Å². The summed E-state index contributed by atoms with van der Waals surface area (Å²) in [6.07, 6.45) is 1.29. The van der Waals surface area contributed by atoms with Crippen molar-refractivity contribution >= 4 is 43.1 Å². The molecule has 0 saturated carbocycles. The molecule has 28 heavy (non-hydrogen) atoms. The van der Waals surface area contributed by atoms with E-state index in [4.69, 9.17) is 9.47 Å². The maximum Gasteiger partial charge on any atom is 0.127 e. The third-order valence-corrected chi connectivity index (χ3v) is 5.80. The summed E-state index contributed by atoms with van der Waals surface area (Å²) < 4.78 is 11.9. The summed E-state index contributed by atoms with van der Waals surface area (Å²) in [7, 11) is 0. The van der Waals surface area contributed by atoms with E-state index in [1.54, 1.807) is 0 Å². The molecule has 0 radical (unpaired) electrons. The van der Waals surface area contributed by atoms with E-state index in [9.17, 15) is 0 Å². The number of ether oxygens (including phenoxy) is 2. The van der Waals surface area contributed by atoms with E-state index in [1.807, 2.05) is 0 Å². The van der Waals surface area contributed by atoms with E-state index in [2.05, 4.69) is 80.6 Å². The zero-order valence-corrected chi connectivity index (χ0v) is 16.4. The zero-order valence-electron chi connectivity index (χ0n) is 16.4. The molecule has 0 aromatic heterocycles. The molecule has 1 unspecified atom stereocenters. The van der Waals surface area contributed by atoms with Crippen LogP contribution in [0.5, 0.6) is 5.75 Å². The van der Waals surface area contributed by atoms with E-state index >= 15 is 0 Å². The lowest BCUT2D eigenvalue weighted by Gasteiger charge is -2.17. The van der Waals surface area contributed by atoms with Crippen molar-refractivity contribution in [2.24, 2.45) is 0 Å². The first-order chi connectivity index (χ1) is 13.8. The molecule has 0 bridgehead atoms. The molecule has 0 aliphatic heterocycles. The third-order valence-electron chi connectivity index (χ3n) is 5.80. The molecule has 140 valence electrons. The van der Waals surface area contributed by atoms with Crippen molar-refractivity contribution in [3.63, 3.8) is 0 Å². The first-order valence-electron chi connectivity index (χ1n) is 10.1. The summed E-state index contributed by atoms with van der Waals surface area (Å²) in [5.74, 6) is 0.930. The van der Waals surface area contributed by atoms with Gasteiger partial charge in [-0.15, -0.1) is 0 Å². The average molecular weight is 368 g/mol. The van der Waals surface area contributed by atoms with Crippen molar-refractivity contribution in [2.75, 3.05) is 13.2 Å². The normalized spacial score (nSPS) is 13.1. The van der Waals surface area contributed by atoms with Crippen molar-refractivity contribution in [1.82, 2.24) is 0 Å². The monoisotopic (exact) mass is 368 g/mol. The van der Waals surface area contributed by atoms with Gasteiger partial charge in [-0.05, 0) is 51.7 Å². The van der Waals surface area contributed by atoms with Crippen molar-refractivity contribution in [1.29, 1.82) is 0 Å². The lowest BCUT2D eigenvalue weighted by atomic mass is 9.90. The summed E-state index contributed by atoms with van der Waals surface area (Å²) in [6.45, 7) is 5.41. The number of benzene rings is 5. The van der Waals surface area contributed by atoms with Gasteiger partial charge in [-0.2, -0.15) is 0 Å². The number of hydrogen-bond donors (Lipinski definition) is 0. The Morgan fingerprint density at radius 1 is 0.679 bits per heavy atom. The van der Waals surface area contributed by atoms with Crippen LogP contribution in [0.4, 0.5) is 0 Å². The van der Waals surface area contributed by atoms with Gasteiger partial charge < -0.3 is 9.47 Å². The molecule has 0 heterocycles. The Labute approximate surface area is 165 Å². The van der Waals surface area contributed by atoms with Gasteiger partial charge in [0.2, 0.25) is 0 Å². The maximum absolute atomic E-state index is 6.13. The first kappa shape index (κ1) is 17.3. The second-order valence-electron chi connectivity index (χ2n) is 7.49. The standard InChI is InChI=1S/C26H24O2/c1-3-17(2)27-15-16-28-24-14-13-22-20-10-5-8-18-7-4-9-19(25(18)20)21-11-6-12-23(24)26(21)22/h4-14,17H,3,15-16H2,1-2H3. The number of fused-ring (bicyclic) bond motifs is 2. The van der Waals surface area contributed by atoms with Crippen LogP contribution in [0.3, 0.4) is 0 Å². The molecule has 2 heteroatoms. The van der Waals surface area contributed by atoms with Crippen LogP contribution >= 0.6 is 0 Å². The van der Waals surface area contributed by atoms with Gasteiger partial charge in [0.05, 0.1) is 12.7 Å². The first-order valence-corrected chi connectivity index (χ1v) is 10.1. The van der Waals surface area contributed by atoms with Crippen LogP contribution in [-0.2, 0) is 4.74 Å². The SMILES string of the molecule is CCC(C)OCCOc1ccc2c3cccc4cccc(c5cccc1c52)c43. The van der Waals surface area contributed by atoms with Crippen molar-refractivity contribution in [3.05, 3.63) is 66.7 Å². The highest BCUT2D eigenvalue weighted by Gasteiger charge is 2.14. The fourth-order valence-electron chi connectivity index (χ4n) is 4.26. The number of hydrogen-bond acceptors (Lipinski definition) is 2. The molecule has 2 nitrogen and oxygen atoms in total. The minimum Gasteiger partial charge on any atom is -0.491 e. The van der Waals surface area contributed by atoms with Crippen LogP contribution in [0.1, 0.15) is 20.3 Å². The summed E-state index contributed by atoms with van der Waals surface area (Å²) in [4.78, 5) is 0. The average Bonchev–Trinajstić information content (AvgIpc) is 2.75. The molecular formula is C26H24O2. The molecule has 5 aromatic rings. The van der Waals surface area contributed by atoms with Gasteiger partial charge in [0, 0.05) is 10.8 Å². The maximum atomic E-state index is 6.13. The van der Waals surface area contributed by atoms with Gasteiger partial charge in [-0.25, -0.2) is 0 Å².